The molecule has 3 heterocycles. The van der Waals surface area contributed by atoms with E-state index in [0.29, 0.717) is 29.3 Å². The second-order valence-electron chi connectivity index (χ2n) is 6.96. The number of hydrogen-bond donors (Lipinski definition) is 2. The number of carbonyl (C=O) groups excluding carboxylic acids is 1. The molecule has 1 aromatic carbocycles. The zero-order valence-electron chi connectivity index (χ0n) is 17.1. The van der Waals surface area contributed by atoms with Crippen LogP contribution >= 0.6 is 0 Å². The number of hydrogen-bond acceptors (Lipinski definition) is 6. The lowest BCUT2D eigenvalue weighted by Crippen LogP contribution is -2.20. The minimum absolute atomic E-state index is 0.00101. The van der Waals surface area contributed by atoms with Gasteiger partial charge in [-0.05, 0) is 42.0 Å². The van der Waals surface area contributed by atoms with Crippen LogP contribution in [0.15, 0.2) is 72.0 Å². The monoisotopic (exact) mass is 453 g/mol. The largest absolute Gasteiger partial charge is 0.457 e. The number of rotatable bonds is 6. The number of carbonyl (C=O) groups is 1. The number of pyridine rings is 2. The molecule has 1 aliphatic heterocycles. The van der Waals surface area contributed by atoms with Gasteiger partial charge in [0.2, 0.25) is 5.91 Å². The summed E-state index contributed by atoms with van der Waals surface area (Å²) in [4.78, 5) is 24.0. The third kappa shape index (κ3) is 5.94. The molecule has 0 aliphatic carbocycles. The molecular weight excluding hydrogens is 435 g/mol. The van der Waals surface area contributed by atoms with Crippen LogP contribution < -0.4 is 15.4 Å². The van der Waals surface area contributed by atoms with Crippen molar-refractivity contribution in [2.75, 3.05) is 18.4 Å². The summed E-state index contributed by atoms with van der Waals surface area (Å²) in [7, 11) is 0. The molecule has 3 aromatic rings. The molecule has 0 atom stereocenters. The summed E-state index contributed by atoms with van der Waals surface area (Å²) >= 11 is 0. The predicted octanol–water partition coefficient (Wildman–Crippen LogP) is 4.29. The van der Waals surface area contributed by atoms with Crippen LogP contribution in [-0.2, 0) is 11.0 Å². The Labute approximate surface area is 187 Å². The van der Waals surface area contributed by atoms with Crippen LogP contribution in [-0.4, -0.2) is 34.8 Å². The van der Waals surface area contributed by atoms with Crippen molar-refractivity contribution in [2.45, 2.75) is 6.18 Å². The molecule has 0 fully saturated rings. The van der Waals surface area contributed by atoms with Crippen LogP contribution in [0.2, 0.25) is 0 Å². The van der Waals surface area contributed by atoms with Gasteiger partial charge in [-0.3, -0.25) is 19.8 Å². The highest BCUT2D eigenvalue weighted by Crippen LogP contribution is 2.29. The SMILES string of the molecule is O=C(/C=C/c1cccc(Oc2ccnc(C3=NCCN3)c2)c1)Nc1ccnc(C(F)(F)F)c1. The van der Waals surface area contributed by atoms with Gasteiger partial charge in [0.25, 0.3) is 0 Å². The van der Waals surface area contributed by atoms with E-state index in [1.807, 2.05) is 0 Å². The van der Waals surface area contributed by atoms with E-state index in [1.54, 1.807) is 42.6 Å². The number of nitrogens with zero attached hydrogens (tertiary/aromatic N) is 3. The molecule has 10 heteroatoms. The number of halogens is 3. The van der Waals surface area contributed by atoms with Crippen molar-refractivity contribution in [3.05, 3.63) is 84.0 Å². The van der Waals surface area contributed by atoms with Crippen molar-refractivity contribution < 1.29 is 22.7 Å². The predicted molar refractivity (Wildman–Crippen MR) is 117 cm³/mol. The molecule has 4 rings (SSSR count). The summed E-state index contributed by atoms with van der Waals surface area (Å²) in [6.07, 6.45) is 0.783. The molecule has 0 bridgehead atoms. The maximum absolute atomic E-state index is 12.8. The first kappa shape index (κ1) is 22.0. The van der Waals surface area contributed by atoms with E-state index in [2.05, 4.69) is 25.6 Å². The van der Waals surface area contributed by atoms with Crippen LogP contribution in [0.4, 0.5) is 18.9 Å². The molecule has 2 aromatic heterocycles. The molecule has 2 N–H and O–H groups in total. The molecule has 33 heavy (non-hydrogen) atoms. The van der Waals surface area contributed by atoms with Crippen LogP contribution in [0.1, 0.15) is 17.0 Å². The van der Waals surface area contributed by atoms with Gasteiger partial charge >= 0.3 is 6.18 Å². The number of alkyl halides is 3. The van der Waals surface area contributed by atoms with Crippen molar-refractivity contribution in [1.82, 2.24) is 15.3 Å². The van der Waals surface area contributed by atoms with Gasteiger partial charge in [-0.1, -0.05) is 12.1 Å². The third-order valence-corrected chi connectivity index (χ3v) is 4.49. The molecule has 0 unspecified atom stereocenters. The summed E-state index contributed by atoms with van der Waals surface area (Å²) in [6.45, 7) is 1.48. The summed E-state index contributed by atoms with van der Waals surface area (Å²) in [5, 5.41) is 5.54. The van der Waals surface area contributed by atoms with E-state index in [-0.39, 0.29) is 5.69 Å². The molecule has 0 radical (unpaired) electrons. The Morgan fingerprint density at radius 1 is 1.06 bits per heavy atom. The molecule has 1 amide bonds. The zero-order chi connectivity index (χ0) is 23.3. The summed E-state index contributed by atoms with van der Waals surface area (Å²) in [6, 6.07) is 12.6. The van der Waals surface area contributed by atoms with E-state index in [0.717, 1.165) is 24.6 Å². The summed E-state index contributed by atoms with van der Waals surface area (Å²) < 4.78 is 44.2. The Kier molecular flexibility index (Phi) is 6.34. The minimum Gasteiger partial charge on any atom is -0.457 e. The van der Waals surface area contributed by atoms with Crippen LogP contribution in [0.5, 0.6) is 11.5 Å². The highest BCUT2D eigenvalue weighted by Gasteiger charge is 2.32. The maximum atomic E-state index is 12.8. The average molecular weight is 453 g/mol. The van der Waals surface area contributed by atoms with Gasteiger partial charge in [0.05, 0.1) is 6.54 Å². The smallest absolute Gasteiger partial charge is 0.433 e. The Bertz CT molecular complexity index is 1220. The number of amidine groups is 1. The first-order chi connectivity index (χ1) is 15.9. The zero-order valence-corrected chi connectivity index (χ0v) is 17.1. The van der Waals surface area contributed by atoms with Crippen molar-refractivity contribution in [3.8, 4) is 11.5 Å². The lowest BCUT2D eigenvalue weighted by atomic mass is 10.2. The van der Waals surface area contributed by atoms with Crippen LogP contribution in [0.25, 0.3) is 6.08 Å². The number of anilines is 1. The van der Waals surface area contributed by atoms with E-state index in [1.165, 1.54) is 18.2 Å². The number of ether oxygens (including phenoxy) is 1. The van der Waals surface area contributed by atoms with E-state index in [4.69, 9.17) is 4.74 Å². The van der Waals surface area contributed by atoms with Gasteiger partial charge in [0.15, 0.2) is 0 Å². The highest BCUT2D eigenvalue weighted by atomic mass is 19.4. The lowest BCUT2D eigenvalue weighted by Gasteiger charge is -2.08. The maximum Gasteiger partial charge on any atom is 0.433 e. The van der Waals surface area contributed by atoms with Gasteiger partial charge in [-0.2, -0.15) is 13.2 Å². The fraction of sp³-hybridized carbons (Fsp3) is 0.130. The van der Waals surface area contributed by atoms with Crippen LogP contribution in [0.3, 0.4) is 0 Å². The normalized spacial score (nSPS) is 13.5. The number of nitrogens with one attached hydrogen (secondary N) is 2. The minimum atomic E-state index is -4.59. The van der Waals surface area contributed by atoms with Crippen molar-refractivity contribution >= 4 is 23.5 Å². The Morgan fingerprint density at radius 3 is 2.67 bits per heavy atom. The quantitative estimate of drug-likeness (QED) is 0.544. The first-order valence-electron chi connectivity index (χ1n) is 9.92. The Hall–Kier alpha value is -4.21. The van der Waals surface area contributed by atoms with E-state index in [9.17, 15) is 18.0 Å². The molecule has 7 nitrogen and oxygen atoms in total. The van der Waals surface area contributed by atoms with E-state index >= 15 is 0 Å². The van der Waals surface area contributed by atoms with Crippen molar-refractivity contribution in [1.29, 1.82) is 0 Å². The molecular formula is C23H18F3N5O2. The summed E-state index contributed by atoms with van der Waals surface area (Å²) in [5.41, 5.74) is 0.273. The summed E-state index contributed by atoms with van der Waals surface area (Å²) in [5.74, 6) is 1.26. The van der Waals surface area contributed by atoms with Gasteiger partial charge in [0.1, 0.15) is 28.7 Å². The van der Waals surface area contributed by atoms with Gasteiger partial charge < -0.3 is 15.4 Å². The third-order valence-electron chi connectivity index (χ3n) is 4.49. The fourth-order valence-electron chi connectivity index (χ4n) is 3.01. The lowest BCUT2D eigenvalue weighted by molar-refractivity contribution is -0.141. The van der Waals surface area contributed by atoms with Crippen molar-refractivity contribution in [2.24, 2.45) is 4.99 Å². The molecule has 168 valence electrons. The first-order valence-corrected chi connectivity index (χ1v) is 9.92. The number of amides is 1. The fourth-order valence-corrected chi connectivity index (χ4v) is 3.01. The van der Waals surface area contributed by atoms with E-state index < -0.39 is 17.8 Å². The van der Waals surface area contributed by atoms with Crippen molar-refractivity contribution in [3.63, 3.8) is 0 Å². The second kappa shape index (κ2) is 9.51. The molecule has 0 saturated carbocycles. The molecule has 1 aliphatic rings. The number of benzene rings is 1. The number of aliphatic imine (C=N–C) groups is 1. The van der Waals surface area contributed by atoms with Gasteiger partial charge in [-0.25, -0.2) is 0 Å². The van der Waals surface area contributed by atoms with Crippen LogP contribution in [0, 0.1) is 0 Å². The molecule has 0 saturated heterocycles. The number of aromatic nitrogens is 2. The second-order valence-corrected chi connectivity index (χ2v) is 6.96. The molecule has 0 spiro atoms. The highest BCUT2D eigenvalue weighted by molar-refractivity contribution is 6.02. The average Bonchev–Trinajstić information content (AvgIpc) is 3.33. The van der Waals surface area contributed by atoms with Gasteiger partial charge in [0, 0.05) is 36.8 Å². The topological polar surface area (TPSA) is 88.5 Å². The Morgan fingerprint density at radius 2 is 1.88 bits per heavy atom. The Balaban J connectivity index is 1.41. The van der Waals surface area contributed by atoms with Gasteiger partial charge in [-0.15, -0.1) is 0 Å². The standard InChI is InChI=1S/C23H18F3N5O2/c24-23(25,26)20-13-16(6-8-28-20)31-21(32)5-4-15-2-1-3-17(12-15)33-18-7-9-27-19(14-18)22-29-10-11-30-22/h1-9,12-14H,10-11H2,(H,29,30)(H,28,31,32)/b5-4+.